The Balaban J connectivity index is 2.18. The maximum Gasteiger partial charge on any atom is 0.126 e. The van der Waals surface area contributed by atoms with Crippen molar-refractivity contribution in [1.82, 2.24) is 9.80 Å². The zero-order valence-electron chi connectivity index (χ0n) is 12.1. The van der Waals surface area contributed by atoms with Crippen molar-refractivity contribution >= 4 is 0 Å². The number of piperidine rings is 1. The van der Waals surface area contributed by atoms with Crippen molar-refractivity contribution in [2.24, 2.45) is 5.73 Å². The van der Waals surface area contributed by atoms with Crippen LogP contribution in [0.1, 0.15) is 24.4 Å². The smallest absolute Gasteiger partial charge is 0.126 e. The number of hydrogen-bond donors (Lipinski definition) is 1. The lowest BCUT2D eigenvalue weighted by Gasteiger charge is -2.40. The van der Waals surface area contributed by atoms with Gasteiger partial charge in [-0.15, -0.1) is 0 Å². The maximum absolute atomic E-state index is 13.4. The molecular formula is C15H23F2N3. The number of halogens is 2. The summed E-state index contributed by atoms with van der Waals surface area (Å²) in [6, 6.07) is 4.02. The van der Waals surface area contributed by atoms with Gasteiger partial charge in [0.2, 0.25) is 0 Å². The van der Waals surface area contributed by atoms with Gasteiger partial charge in [-0.2, -0.15) is 0 Å². The normalized spacial score (nSPS) is 22.2. The molecule has 2 N–H and O–H groups in total. The Morgan fingerprint density at radius 2 is 1.95 bits per heavy atom. The summed E-state index contributed by atoms with van der Waals surface area (Å²) in [5.41, 5.74) is 6.49. The summed E-state index contributed by atoms with van der Waals surface area (Å²) >= 11 is 0. The standard InChI is InChI=1S/C15H23F2N3/c1-19(2)14-4-3-5-20(10-14)15(9-18)11-6-12(16)8-13(17)7-11/h6-8,14-15H,3-5,9-10,18H2,1-2H3. The molecule has 3 nitrogen and oxygen atoms in total. The van der Waals surface area contributed by atoms with Gasteiger partial charge in [0.25, 0.3) is 0 Å². The Kier molecular flexibility index (Phi) is 5.07. The van der Waals surface area contributed by atoms with E-state index >= 15 is 0 Å². The molecule has 0 saturated carbocycles. The quantitative estimate of drug-likeness (QED) is 0.917. The van der Waals surface area contributed by atoms with Crippen LogP contribution >= 0.6 is 0 Å². The fourth-order valence-corrected chi connectivity index (χ4v) is 2.95. The number of nitrogens with two attached hydrogens (primary N) is 1. The molecule has 1 saturated heterocycles. The molecule has 0 spiro atoms. The molecule has 2 atom stereocenters. The molecule has 2 unspecified atom stereocenters. The van der Waals surface area contributed by atoms with Crippen LogP contribution in [0.5, 0.6) is 0 Å². The van der Waals surface area contributed by atoms with E-state index in [-0.39, 0.29) is 6.04 Å². The lowest BCUT2D eigenvalue weighted by Crippen LogP contribution is -2.47. The van der Waals surface area contributed by atoms with E-state index in [0.717, 1.165) is 32.0 Å². The maximum atomic E-state index is 13.4. The van der Waals surface area contributed by atoms with E-state index in [2.05, 4.69) is 23.9 Å². The first-order valence-corrected chi connectivity index (χ1v) is 7.07. The summed E-state index contributed by atoms with van der Waals surface area (Å²) in [6.07, 6.45) is 2.23. The summed E-state index contributed by atoms with van der Waals surface area (Å²) in [5, 5.41) is 0. The molecule has 1 heterocycles. The molecule has 5 heteroatoms. The van der Waals surface area contributed by atoms with Crippen molar-refractivity contribution in [3.8, 4) is 0 Å². The molecule has 1 aliphatic rings. The van der Waals surface area contributed by atoms with E-state index in [4.69, 9.17) is 5.73 Å². The number of rotatable bonds is 4. The molecule has 0 aliphatic carbocycles. The fourth-order valence-electron chi connectivity index (χ4n) is 2.95. The van der Waals surface area contributed by atoms with Gasteiger partial charge in [-0.1, -0.05) is 0 Å². The van der Waals surface area contributed by atoms with E-state index in [1.54, 1.807) is 0 Å². The second-order valence-corrected chi connectivity index (χ2v) is 5.71. The van der Waals surface area contributed by atoms with Gasteiger partial charge in [-0.3, -0.25) is 4.90 Å². The highest BCUT2D eigenvalue weighted by Crippen LogP contribution is 2.26. The molecule has 1 aromatic carbocycles. The predicted molar refractivity (Wildman–Crippen MR) is 76.4 cm³/mol. The molecule has 1 aromatic rings. The highest BCUT2D eigenvalue weighted by atomic mass is 19.1. The fraction of sp³-hybridized carbons (Fsp3) is 0.600. The van der Waals surface area contributed by atoms with E-state index in [1.807, 2.05) is 0 Å². The first-order valence-electron chi connectivity index (χ1n) is 7.07. The Bertz CT molecular complexity index is 430. The van der Waals surface area contributed by atoms with Crippen LogP contribution in [0.4, 0.5) is 8.78 Å². The van der Waals surface area contributed by atoms with Crippen molar-refractivity contribution in [2.45, 2.75) is 24.9 Å². The molecule has 2 rings (SSSR count). The van der Waals surface area contributed by atoms with Crippen LogP contribution in [0.3, 0.4) is 0 Å². The van der Waals surface area contributed by atoms with Gasteiger partial charge in [0, 0.05) is 31.2 Å². The van der Waals surface area contributed by atoms with Gasteiger partial charge >= 0.3 is 0 Å². The van der Waals surface area contributed by atoms with Crippen molar-refractivity contribution in [3.63, 3.8) is 0 Å². The molecular weight excluding hydrogens is 260 g/mol. The van der Waals surface area contributed by atoms with E-state index in [1.165, 1.54) is 12.1 Å². The number of benzene rings is 1. The highest BCUT2D eigenvalue weighted by Gasteiger charge is 2.27. The molecule has 0 bridgehead atoms. The van der Waals surface area contributed by atoms with E-state index in [0.29, 0.717) is 18.2 Å². The Morgan fingerprint density at radius 1 is 1.30 bits per heavy atom. The minimum atomic E-state index is -0.542. The van der Waals surface area contributed by atoms with Gasteiger partial charge in [-0.25, -0.2) is 8.78 Å². The van der Waals surface area contributed by atoms with E-state index < -0.39 is 11.6 Å². The minimum Gasteiger partial charge on any atom is -0.329 e. The zero-order valence-corrected chi connectivity index (χ0v) is 12.1. The van der Waals surface area contributed by atoms with Crippen LogP contribution in [0.2, 0.25) is 0 Å². The second-order valence-electron chi connectivity index (χ2n) is 5.71. The number of likely N-dealkylation sites (tertiary alicyclic amines) is 1. The minimum absolute atomic E-state index is 0.122. The first kappa shape index (κ1) is 15.4. The van der Waals surface area contributed by atoms with Crippen LogP contribution < -0.4 is 5.73 Å². The topological polar surface area (TPSA) is 32.5 Å². The average Bonchev–Trinajstić information content (AvgIpc) is 2.39. The van der Waals surface area contributed by atoms with Crippen molar-refractivity contribution in [3.05, 3.63) is 35.4 Å². The lowest BCUT2D eigenvalue weighted by molar-refractivity contribution is 0.0982. The van der Waals surface area contributed by atoms with Gasteiger partial charge < -0.3 is 10.6 Å². The summed E-state index contributed by atoms with van der Waals surface area (Å²) in [6.45, 7) is 2.17. The van der Waals surface area contributed by atoms with Crippen LogP contribution in [0.15, 0.2) is 18.2 Å². The average molecular weight is 283 g/mol. The third kappa shape index (κ3) is 3.53. The SMILES string of the molecule is CN(C)C1CCCN(C(CN)c2cc(F)cc(F)c2)C1. The predicted octanol–water partition coefficient (Wildman–Crippen LogP) is 1.99. The lowest BCUT2D eigenvalue weighted by atomic mass is 9.98. The monoisotopic (exact) mass is 283 g/mol. The highest BCUT2D eigenvalue weighted by molar-refractivity contribution is 5.22. The summed E-state index contributed by atoms with van der Waals surface area (Å²) in [5.74, 6) is -1.08. The summed E-state index contributed by atoms with van der Waals surface area (Å²) in [4.78, 5) is 4.44. The largest absolute Gasteiger partial charge is 0.329 e. The summed E-state index contributed by atoms with van der Waals surface area (Å²) < 4.78 is 26.8. The molecule has 112 valence electrons. The van der Waals surface area contributed by atoms with Gasteiger partial charge in [-0.05, 0) is 51.2 Å². The molecule has 20 heavy (non-hydrogen) atoms. The number of likely N-dealkylation sites (N-methyl/N-ethyl adjacent to an activating group) is 1. The zero-order chi connectivity index (χ0) is 14.7. The van der Waals surface area contributed by atoms with Crippen molar-refractivity contribution < 1.29 is 8.78 Å². The Morgan fingerprint density at radius 3 is 2.50 bits per heavy atom. The second kappa shape index (κ2) is 6.61. The van der Waals surface area contributed by atoms with Crippen LogP contribution in [-0.2, 0) is 0 Å². The summed E-state index contributed by atoms with van der Waals surface area (Å²) in [7, 11) is 4.13. The van der Waals surface area contributed by atoms with Crippen LogP contribution in [-0.4, -0.2) is 49.6 Å². The Labute approximate surface area is 119 Å². The molecule has 0 aromatic heterocycles. The first-order chi connectivity index (χ1) is 9.51. The van der Waals surface area contributed by atoms with Crippen LogP contribution in [0.25, 0.3) is 0 Å². The third-order valence-corrected chi connectivity index (χ3v) is 4.09. The molecule has 1 fully saturated rings. The van der Waals surface area contributed by atoms with Crippen LogP contribution in [0, 0.1) is 11.6 Å². The third-order valence-electron chi connectivity index (χ3n) is 4.09. The number of hydrogen-bond acceptors (Lipinski definition) is 3. The van der Waals surface area contributed by atoms with E-state index in [9.17, 15) is 8.78 Å². The Hall–Kier alpha value is -1.04. The van der Waals surface area contributed by atoms with Crippen molar-refractivity contribution in [2.75, 3.05) is 33.7 Å². The van der Waals surface area contributed by atoms with Gasteiger partial charge in [0.15, 0.2) is 0 Å². The number of nitrogens with zero attached hydrogens (tertiary/aromatic N) is 2. The van der Waals surface area contributed by atoms with Gasteiger partial charge in [0.05, 0.1) is 0 Å². The van der Waals surface area contributed by atoms with Crippen molar-refractivity contribution in [1.29, 1.82) is 0 Å². The van der Waals surface area contributed by atoms with Gasteiger partial charge in [0.1, 0.15) is 11.6 Å². The molecule has 1 aliphatic heterocycles. The molecule has 0 radical (unpaired) electrons. The molecule has 0 amide bonds.